The van der Waals surface area contributed by atoms with Crippen LogP contribution in [0.25, 0.3) is 0 Å². The number of benzene rings is 1. The number of amides is 1. The van der Waals surface area contributed by atoms with E-state index in [1.54, 1.807) is 0 Å². The molecule has 0 heterocycles. The molecular weight excluding hydrogens is 280 g/mol. The van der Waals surface area contributed by atoms with Crippen LogP contribution in [0.1, 0.15) is 31.4 Å². The second-order valence-corrected chi connectivity index (χ2v) is 5.49. The second-order valence-electron chi connectivity index (χ2n) is 5.49. The molecule has 2 N–H and O–H groups in total. The molecule has 1 atom stereocenters. The molecule has 22 heavy (non-hydrogen) atoms. The Balaban J connectivity index is 2.62. The van der Waals surface area contributed by atoms with Gasteiger partial charge < -0.3 is 10.4 Å². The Kier molecular flexibility index (Phi) is 7.60. The summed E-state index contributed by atoms with van der Waals surface area (Å²) in [7, 11) is 0. The SMILES string of the molecule is CCC(Cc1ccc(C)cc1)N(CC)CC(=O)NCC(=O)O. The van der Waals surface area contributed by atoms with E-state index >= 15 is 0 Å². The summed E-state index contributed by atoms with van der Waals surface area (Å²) in [5.74, 6) is -1.27. The Morgan fingerprint density at radius 1 is 1.23 bits per heavy atom. The van der Waals surface area contributed by atoms with E-state index in [0.717, 1.165) is 19.4 Å². The van der Waals surface area contributed by atoms with Gasteiger partial charge in [0, 0.05) is 6.04 Å². The van der Waals surface area contributed by atoms with Crippen molar-refractivity contribution in [2.45, 2.75) is 39.7 Å². The smallest absolute Gasteiger partial charge is 0.322 e. The lowest BCUT2D eigenvalue weighted by Crippen LogP contribution is -2.44. The van der Waals surface area contributed by atoms with Crippen LogP contribution >= 0.6 is 0 Å². The maximum atomic E-state index is 11.8. The minimum Gasteiger partial charge on any atom is -0.480 e. The summed E-state index contributed by atoms with van der Waals surface area (Å²) < 4.78 is 0. The molecule has 1 aromatic rings. The van der Waals surface area contributed by atoms with Crippen LogP contribution in [0, 0.1) is 6.92 Å². The quantitative estimate of drug-likeness (QED) is 0.730. The fraction of sp³-hybridized carbons (Fsp3) is 0.529. The predicted molar refractivity (Wildman–Crippen MR) is 86.9 cm³/mol. The molecule has 1 amide bonds. The lowest BCUT2D eigenvalue weighted by Gasteiger charge is -2.29. The molecule has 0 fully saturated rings. The van der Waals surface area contributed by atoms with Crippen molar-refractivity contribution in [3.8, 4) is 0 Å². The number of aryl methyl sites for hydroxylation is 1. The zero-order valence-corrected chi connectivity index (χ0v) is 13.6. The Morgan fingerprint density at radius 3 is 2.36 bits per heavy atom. The average Bonchev–Trinajstić information content (AvgIpc) is 2.50. The van der Waals surface area contributed by atoms with Gasteiger partial charge in [-0.2, -0.15) is 0 Å². The van der Waals surface area contributed by atoms with Gasteiger partial charge >= 0.3 is 5.97 Å². The van der Waals surface area contributed by atoms with Crippen LogP contribution in [0.3, 0.4) is 0 Å². The fourth-order valence-electron chi connectivity index (χ4n) is 2.44. The Labute approximate surface area is 132 Å². The molecule has 0 aliphatic heterocycles. The minimum absolute atomic E-state index is 0.230. The summed E-state index contributed by atoms with van der Waals surface area (Å²) in [6.07, 6.45) is 1.82. The van der Waals surface area contributed by atoms with Crippen molar-refractivity contribution in [2.75, 3.05) is 19.6 Å². The standard InChI is InChI=1S/C17H26N2O3/c1-4-15(10-14-8-6-13(3)7-9-14)19(5-2)12-16(20)18-11-17(21)22/h6-9,15H,4-5,10-12H2,1-3H3,(H,18,20)(H,21,22). The van der Waals surface area contributed by atoms with Gasteiger partial charge in [0.05, 0.1) is 6.54 Å². The number of carbonyl (C=O) groups is 2. The first-order valence-electron chi connectivity index (χ1n) is 7.74. The monoisotopic (exact) mass is 306 g/mol. The molecule has 1 aromatic carbocycles. The Bertz CT molecular complexity index is 485. The van der Waals surface area contributed by atoms with Crippen molar-refractivity contribution >= 4 is 11.9 Å². The molecular formula is C17H26N2O3. The first-order valence-corrected chi connectivity index (χ1v) is 7.74. The maximum absolute atomic E-state index is 11.8. The number of nitrogens with one attached hydrogen (secondary N) is 1. The van der Waals surface area contributed by atoms with E-state index in [1.165, 1.54) is 11.1 Å². The lowest BCUT2D eigenvalue weighted by atomic mass is 10.0. The third-order valence-corrected chi connectivity index (χ3v) is 3.77. The van der Waals surface area contributed by atoms with E-state index in [1.807, 2.05) is 6.92 Å². The number of carbonyl (C=O) groups excluding carboxylic acids is 1. The van der Waals surface area contributed by atoms with Crippen molar-refractivity contribution in [1.29, 1.82) is 0 Å². The first-order chi connectivity index (χ1) is 10.5. The van der Waals surface area contributed by atoms with Crippen molar-refractivity contribution in [2.24, 2.45) is 0 Å². The van der Waals surface area contributed by atoms with Gasteiger partial charge in [0.25, 0.3) is 0 Å². The van der Waals surface area contributed by atoms with Gasteiger partial charge in [0.1, 0.15) is 6.54 Å². The Hall–Kier alpha value is -1.88. The van der Waals surface area contributed by atoms with Crippen molar-refractivity contribution in [3.63, 3.8) is 0 Å². The van der Waals surface area contributed by atoms with E-state index in [4.69, 9.17) is 5.11 Å². The molecule has 0 bridgehead atoms. The molecule has 0 spiro atoms. The zero-order valence-electron chi connectivity index (χ0n) is 13.6. The van der Waals surface area contributed by atoms with Crippen LogP contribution < -0.4 is 5.32 Å². The van der Waals surface area contributed by atoms with Gasteiger partial charge in [-0.05, 0) is 31.9 Å². The van der Waals surface area contributed by atoms with Crippen LogP contribution in [0.2, 0.25) is 0 Å². The van der Waals surface area contributed by atoms with Crippen LogP contribution in [0.15, 0.2) is 24.3 Å². The van der Waals surface area contributed by atoms with Crippen LogP contribution in [0.5, 0.6) is 0 Å². The summed E-state index contributed by atoms with van der Waals surface area (Å²) in [4.78, 5) is 24.4. The molecule has 0 aliphatic rings. The van der Waals surface area contributed by atoms with E-state index in [0.29, 0.717) is 0 Å². The zero-order chi connectivity index (χ0) is 16.5. The number of carboxylic acids is 1. The van der Waals surface area contributed by atoms with Crippen molar-refractivity contribution < 1.29 is 14.7 Å². The molecule has 0 saturated carbocycles. The summed E-state index contributed by atoms with van der Waals surface area (Å²) >= 11 is 0. The van der Waals surface area contributed by atoms with Gasteiger partial charge in [0.15, 0.2) is 0 Å². The largest absolute Gasteiger partial charge is 0.480 e. The summed E-state index contributed by atoms with van der Waals surface area (Å²) in [5, 5.41) is 11.0. The molecule has 0 aromatic heterocycles. The second kappa shape index (κ2) is 9.20. The van der Waals surface area contributed by atoms with E-state index < -0.39 is 5.97 Å². The normalized spacial score (nSPS) is 12.2. The summed E-state index contributed by atoms with van der Waals surface area (Å²) in [6.45, 7) is 6.84. The molecule has 0 radical (unpaired) electrons. The van der Waals surface area contributed by atoms with E-state index in [2.05, 4.69) is 48.3 Å². The van der Waals surface area contributed by atoms with Gasteiger partial charge in [-0.15, -0.1) is 0 Å². The highest BCUT2D eigenvalue weighted by Crippen LogP contribution is 2.13. The summed E-state index contributed by atoms with van der Waals surface area (Å²) in [5.41, 5.74) is 2.49. The van der Waals surface area contributed by atoms with E-state index in [9.17, 15) is 9.59 Å². The van der Waals surface area contributed by atoms with Gasteiger partial charge in [0.2, 0.25) is 5.91 Å². The van der Waals surface area contributed by atoms with Crippen LogP contribution in [0.4, 0.5) is 0 Å². The van der Waals surface area contributed by atoms with E-state index in [-0.39, 0.29) is 25.0 Å². The van der Waals surface area contributed by atoms with Gasteiger partial charge in [-0.3, -0.25) is 14.5 Å². The van der Waals surface area contributed by atoms with Crippen LogP contribution in [-0.4, -0.2) is 47.6 Å². The molecule has 1 unspecified atom stereocenters. The molecule has 1 rings (SSSR count). The highest BCUT2D eigenvalue weighted by atomic mass is 16.4. The number of nitrogens with zero attached hydrogens (tertiary/aromatic N) is 1. The highest BCUT2D eigenvalue weighted by Gasteiger charge is 2.18. The number of hydrogen-bond donors (Lipinski definition) is 2. The summed E-state index contributed by atoms with van der Waals surface area (Å²) in [6, 6.07) is 8.70. The number of rotatable bonds is 9. The first kappa shape index (κ1) is 18.2. The number of hydrogen-bond acceptors (Lipinski definition) is 3. The predicted octanol–water partition coefficient (Wildman–Crippen LogP) is 1.84. The maximum Gasteiger partial charge on any atom is 0.322 e. The number of likely N-dealkylation sites (N-methyl/N-ethyl adjacent to an activating group) is 1. The van der Waals surface area contributed by atoms with Crippen molar-refractivity contribution in [3.05, 3.63) is 35.4 Å². The van der Waals surface area contributed by atoms with Crippen molar-refractivity contribution in [1.82, 2.24) is 10.2 Å². The van der Waals surface area contributed by atoms with Gasteiger partial charge in [-0.1, -0.05) is 43.7 Å². The average molecular weight is 306 g/mol. The highest BCUT2D eigenvalue weighted by molar-refractivity contribution is 5.82. The molecule has 0 saturated heterocycles. The minimum atomic E-state index is -1.02. The molecule has 5 heteroatoms. The number of aliphatic carboxylic acids is 1. The fourth-order valence-corrected chi connectivity index (χ4v) is 2.44. The lowest BCUT2D eigenvalue weighted by molar-refractivity contribution is -0.138. The Morgan fingerprint density at radius 2 is 1.86 bits per heavy atom. The molecule has 122 valence electrons. The van der Waals surface area contributed by atoms with Gasteiger partial charge in [-0.25, -0.2) is 0 Å². The molecule has 0 aliphatic carbocycles. The molecule has 5 nitrogen and oxygen atoms in total. The number of carboxylic acid groups (broad SMARTS) is 1. The third kappa shape index (κ3) is 6.26. The topological polar surface area (TPSA) is 69.6 Å². The third-order valence-electron chi connectivity index (χ3n) is 3.77. The van der Waals surface area contributed by atoms with Crippen LogP contribution in [-0.2, 0) is 16.0 Å².